The molecule has 0 amide bonds. The van der Waals surface area contributed by atoms with Gasteiger partial charge in [0.1, 0.15) is 22.7 Å². The third kappa shape index (κ3) is 3.64. The van der Waals surface area contributed by atoms with E-state index < -0.39 is 5.41 Å². The maximum atomic E-state index is 6.67. The molecule has 1 aromatic heterocycles. The molecule has 11 rings (SSSR count). The van der Waals surface area contributed by atoms with Crippen molar-refractivity contribution in [2.75, 3.05) is 4.90 Å². The standard InChI is InChI=1S/C47H29NO2/c1-2-14-31(15-3-1)48(33-25-27-36-35-16-4-7-21-42(35)49-45(36)29-33)32-24-26-34-37-17-10-12-30-13-11-20-40(46(30)37)47(41(34)28-32)38-18-5-8-22-43(38)50-44-23-9-6-19-39(44)47/h1-29H. The number of benzene rings is 8. The number of nitrogens with zero attached hydrogens (tertiary/aromatic N) is 1. The summed E-state index contributed by atoms with van der Waals surface area (Å²) in [4.78, 5) is 2.35. The van der Waals surface area contributed by atoms with Gasteiger partial charge < -0.3 is 14.1 Å². The lowest BCUT2D eigenvalue weighted by atomic mass is 9.58. The fourth-order valence-corrected chi connectivity index (χ4v) is 8.69. The summed E-state index contributed by atoms with van der Waals surface area (Å²) < 4.78 is 13.1. The number of rotatable bonds is 3. The van der Waals surface area contributed by atoms with Crippen molar-refractivity contribution >= 4 is 49.8 Å². The number of fused-ring (bicyclic) bond motifs is 11. The van der Waals surface area contributed by atoms with Crippen molar-refractivity contribution in [1.82, 2.24) is 0 Å². The van der Waals surface area contributed by atoms with Gasteiger partial charge in [-0.25, -0.2) is 0 Å². The second-order valence-corrected chi connectivity index (χ2v) is 13.2. The molecule has 0 saturated heterocycles. The maximum Gasteiger partial charge on any atom is 0.137 e. The van der Waals surface area contributed by atoms with Crippen molar-refractivity contribution in [1.29, 1.82) is 0 Å². The predicted molar refractivity (Wildman–Crippen MR) is 203 cm³/mol. The van der Waals surface area contributed by atoms with Crippen molar-refractivity contribution in [2.45, 2.75) is 5.41 Å². The first-order valence-electron chi connectivity index (χ1n) is 17.1. The Bertz CT molecular complexity index is 2760. The fraction of sp³-hybridized carbons (Fsp3) is 0.0213. The van der Waals surface area contributed by atoms with Crippen LogP contribution in [0.15, 0.2) is 180 Å². The zero-order valence-electron chi connectivity index (χ0n) is 27.0. The minimum absolute atomic E-state index is 0.615. The van der Waals surface area contributed by atoms with Crippen LogP contribution in [-0.4, -0.2) is 0 Å². The Morgan fingerprint density at radius 3 is 1.86 bits per heavy atom. The molecule has 1 aliphatic heterocycles. The Hall–Kier alpha value is -6.58. The molecule has 0 bridgehead atoms. The third-order valence-corrected chi connectivity index (χ3v) is 10.7. The molecular formula is C47H29NO2. The van der Waals surface area contributed by atoms with Gasteiger partial charge in [-0.15, -0.1) is 0 Å². The first-order chi connectivity index (χ1) is 24.8. The lowest BCUT2D eigenvalue weighted by molar-refractivity contribution is 0.435. The Morgan fingerprint density at radius 1 is 0.400 bits per heavy atom. The first kappa shape index (κ1) is 27.4. The zero-order valence-corrected chi connectivity index (χ0v) is 27.0. The van der Waals surface area contributed by atoms with Crippen molar-refractivity contribution in [3.05, 3.63) is 198 Å². The summed E-state index contributed by atoms with van der Waals surface area (Å²) in [5.41, 5.74) is 11.6. The van der Waals surface area contributed by atoms with Crippen molar-refractivity contribution in [3.63, 3.8) is 0 Å². The summed E-state index contributed by atoms with van der Waals surface area (Å²) in [7, 11) is 0. The summed E-state index contributed by atoms with van der Waals surface area (Å²) in [6.45, 7) is 0. The van der Waals surface area contributed by atoms with E-state index in [1.54, 1.807) is 0 Å². The van der Waals surface area contributed by atoms with E-state index >= 15 is 0 Å². The minimum Gasteiger partial charge on any atom is -0.457 e. The smallest absolute Gasteiger partial charge is 0.137 e. The third-order valence-electron chi connectivity index (χ3n) is 10.7. The average Bonchev–Trinajstić information content (AvgIpc) is 3.55. The molecule has 8 aromatic carbocycles. The van der Waals surface area contributed by atoms with Crippen LogP contribution in [0.1, 0.15) is 22.3 Å². The number of para-hydroxylation sites is 4. The molecule has 2 aliphatic rings. The van der Waals surface area contributed by atoms with E-state index in [0.717, 1.165) is 61.6 Å². The summed E-state index contributed by atoms with van der Waals surface area (Å²) >= 11 is 0. The predicted octanol–water partition coefficient (Wildman–Crippen LogP) is 12.7. The second-order valence-electron chi connectivity index (χ2n) is 13.2. The molecule has 0 saturated carbocycles. The molecule has 3 nitrogen and oxygen atoms in total. The largest absolute Gasteiger partial charge is 0.457 e. The van der Waals surface area contributed by atoms with E-state index in [-0.39, 0.29) is 0 Å². The number of hydrogen-bond acceptors (Lipinski definition) is 3. The molecule has 0 fully saturated rings. The van der Waals surface area contributed by atoms with Crippen LogP contribution in [0.3, 0.4) is 0 Å². The van der Waals surface area contributed by atoms with Crippen LogP contribution < -0.4 is 9.64 Å². The molecule has 1 spiro atoms. The van der Waals surface area contributed by atoms with Crippen LogP contribution in [0.2, 0.25) is 0 Å². The molecule has 0 unspecified atom stereocenters. The first-order valence-corrected chi connectivity index (χ1v) is 17.1. The van der Waals surface area contributed by atoms with Crippen LogP contribution in [0.5, 0.6) is 11.5 Å². The molecule has 1 aliphatic carbocycles. The Morgan fingerprint density at radius 2 is 1.04 bits per heavy atom. The molecule has 0 N–H and O–H groups in total. The number of anilines is 3. The van der Waals surface area contributed by atoms with Gasteiger partial charge in [-0.3, -0.25) is 0 Å². The fourth-order valence-electron chi connectivity index (χ4n) is 8.69. The van der Waals surface area contributed by atoms with Crippen LogP contribution >= 0.6 is 0 Å². The van der Waals surface area contributed by atoms with E-state index in [1.165, 1.54) is 33.0 Å². The van der Waals surface area contributed by atoms with E-state index in [9.17, 15) is 0 Å². The van der Waals surface area contributed by atoms with Crippen LogP contribution in [0.25, 0.3) is 43.8 Å². The average molecular weight is 640 g/mol. The molecule has 3 heteroatoms. The molecule has 0 atom stereocenters. The maximum absolute atomic E-state index is 6.67. The van der Waals surface area contributed by atoms with Gasteiger partial charge in [0.15, 0.2) is 0 Å². The van der Waals surface area contributed by atoms with Gasteiger partial charge >= 0.3 is 0 Å². The van der Waals surface area contributed by atoms with Crippen LogP contribution in [0.4, 0.5) is 17.1 Å². The van der Waals surface area contributed by atoms with Gasteiger partial charge in [-0.2, -0.15) is 0 Å². The van der Waals surface area contributed by atoms with Crippen LogP contribution in [-0.2, 0) is 5.41 Å². The Balaban J connectivity index is 1.24. The van der Waals surface area contributed by atoms with Gasteiger partial charge in [0.2, 0.25) is 0 Å². The van der Waals surface area contributed by atoms with E-state index in [2.05, 4.69) is 169 Å². The van der Waals surface area contributed by atoms with Gasteiger partial charge in [0, 0.05) is 45.0 Å². The van der Waals surface area contributed by atoms with E-state index in [4.69, 9.17) is 9.15 Å². The number of ether oxygens (including phenoxy) is 1. The Labute approximate surface area is 289 Å². The second kappa shape index (κ2) is 10.2. The minimum atomic E-state index is -0.615. The highest BCUT2D eigenvalue weighted by Gasteiger charge is 2.49. The summed E-state index contributed by atoms with van der Waals surface area (Å²) in [5.74, 6) is 1.77. The quantitative estimate of drug-likeness (QED) is 0.192. The molecule has 234 valence electrons. The number of furan rings is 1. The number of hydrogen-bond donors (Lipinski definition) is 0. The zero-order chi connectivity index (χ0) is 32.8. The van der Waals surface area contributed by atoms with Crippen molar-refractivity contribution < 1.29 is 9.15 Å². The normalized spacial score (nSPS) is 13.5. The van der Waals surface area contributed by atoms with E-state index in [1.807, 2.05) is 12.1 Å². The topological polar surface area (TPSA) is 25.6 Å². The van der Waals surface area contributed by atoms with Crippen molar-refractivity contribution in [3.8, 4) is 22.6 Å². The van der Waals surface area contributed by atoms with Gasteiger partial charge in [0.05, 0.1) is 5.41 Å². The van der Waals surface area contributed by atoms with E-state index in [0.29, 0.717) is 0 Å². The van der Waals surface area contributed by atoms with Gasteiger partial charge in [-0.05, 0) is 87.6 Å². The van der Waals surface area contributed by atoms with Gasteiger partial charge in [0.25, 0.3) is 0 Å². The molecule has 50 heavy (non-hydrogen) atoms. The lowest BCUT2D eigenvalue weighted by Gasteiger charge is -2.45. The highest BCUT2D eigenvalue weighted by Crippen LogP contribution is 2.61. The summed E-state index contributed by atoms with van der Waals surface area (Å²) in [5, 5.41) is 4.76. The lowest BCUT2D eigenvalue weighted by Crippen LogP contribution is -2.36. The highest BCUT2D eigenvalue weighted by molar-refractivity contribution is 6.07. The molecule has 0 radical (unpaired) electrons. The summed E-state index contributed by atoms with van der Waals surface area (Å²) in [6, 6.07) is 63.0. The van der Waals surface area contributed by atoms with Crippen molar-refractivity contribution in [2.24, 2.45) is 0 Å². The monoisotopic (exact) mass is 639 g/mol. The highest BCUT2D eigenvalue weighted by atomic mass is 16.5. The Kier molecular flexibility index (Phi) is 5.59. The molecular weight excluding hydrogens is 611 g/mol. The SMILES string of the molecule is c1ccc(N(c2ccc3c(c2)C2(c4ccccc4Oc4ccccc42)c2cccc4cccc-3c24)c2ccc3c(c2)oc2ccccc23)cc1. The molecule has 9 aromatic rings. The molecule has 2 heterocycles. The summed E-state index contributed by atoms with van der Waals surface area (Å²) in [6.07, 6.45) is 0. The van der Waals surface area contributed by atoms with Gasteiger partial charge in [-0.1, -0.05) is 115 Å². The van der Waals surface area contributed by atoms with Crippen LogP contribution in [0, 0.1) is 0 Å².